The Kier molecular flexibility index (Phi) is 3.79. The lowest BCUT2D eigenvalue weighted by molar-refractivity contribution is 0.0880. The van der Waals surface area contributed by atoms with Gasteiger partial charge in [0.1, 0.15) is 11.5 Å². The van der Waals surface area contributed by atoms with Crippen molar-refractivity contribution in [1.82, 2.24) is 10.3 Å². The highest BCUT2D eigenvalue weighted by atomic mass is 35.5. The SMILES string of the molecule is COc1ccc(-c2cc3[nH]c4ccc(OC)cc4c3c3c2C(=O)NC3=O)c(Cl)c1. The summed E-state index contributed by atoms with van der Waals surface area (Å²) in [4.78, 5) is 28.8. The summed E-state index contributed by atoms with van der Waals surface area (Å²) in [5, 5.41) is 4.34. The van der Waals surface area contributed by atoms with Crippen molar-refractivity contribution in [3.05, 3.63) is 58.6 Å². The van der Waals surface area contributed by atoms with Gasteiger partial charge in [0, 0.05) is 27.4 Å². The van der Waals surface area contributed by atoms with Gasteiger partial charge in [0.25, 0.3) is 11.8 Å². The average molecular weight is 407 g/mol. The highest BCUT2D eigenvalue weighted by Crippen LogP contribution is 2.42. The van der Waals surface area contributed by atoms with E-state index >= 15 is 0 Å². The van der Waals surface area contributed by atoms with Crippen molar-refractivity contribution >= 4 is 45.2 Å². The molecule has 29 heavy (non-hydrogen) atoms. The summed E-state index contributed by atoms with van der Waals surface area (Å²) < 4.78 is 10.5. The van der Waals surface area contributed by atoms with Crippen LogP contribution in [-0.4, -0.2) is 31.0 Å². The van der Waals surface area contributed by atoms with Gasteiger partial charge in [-0.25, -0.2) is 0 Å². The fraction of sp³-hybridized carbons (Fsp3) is 0.0909. The molecule has 0 saturated heterocycles. The van der Waals surface area contributed by atoms with Gasteiger partial charge in [-0.3, -0.25) is 14.9 Å². The number of halogens is 1. The maximum absolute atomic E-state index is 12.7. The molecule has 2 amide bonds. The minimum absolute atomic E-state index is 0.318. The number of carbonyl (C=O) groups is 2. The normalized spacial score (nSPS) is 13.1. The molecule has 5 rings (SSSR count). The molecule has 1 aliphatic heterocycles. The first kappa shape index (κ1) is 17.6. The number of rotatable bonds is 3. The predicted molar refractivity (Wildman–Crippen MR) is 111 cm³/mol. The summed E-state index contributed by atoms with van der Waals surface area (Å²) in [7, 11) is 3.14. The Bertz CT molecular complexity index is 1360. The molecule has 3 aromatic carbocycles. The van der Waals surface area contributed by atoms with E-state index in [2.05, 4.69) is 10.3 Å². The number of hydrogen-bond acceptors (Lipinski definition) is 4. The van der Waals surface area contributed by atoms with Crippen molar-refractivity contribution in [2.45, 2.75) is 0 Å². The van der Waals surface area contributed by atoms with Crippen molar-refractivity contribution in [3.8, 4) is 22.6 Å². The van der Waals surface area contributed by atoms with Gasteiger partial charge in [0.05, 0.1) is 30.4 Å². The fourth-order valence-electron chi connectivity index (χ4n) is 3.92. The molecule has 1 aliphatic rings. The molecule has 2 N–H and O–H groups in total. The van der Waals surface area contributed by atoms with Crippen LogP contribution in [0, 0.1) is 0 Å². The van der Waals surface area contributed by atoms with Crippen molar-refractivity contribution < 1.29 is 19.1 Å². The molecule has 4 aromatic rings. The molecular weight excluding hydrogens is 392 g/mol. The van der Waals surface area contributed by atoms with E-state index < -0.39 is 11.8 Å². The first-order chi connectivity index (χ1) is 14.0. The third-order valence-electron chi connectivity index (χ3n) is 5.24. The van der Waals surface area contributed by atoms with Gasteiger partial charge in [0.2, 0.25) is 0 Å². The lowest BCUT2D eigenvalue weighted by atomic mass is 9.93. The van der Waals surface area contributed by atoms with Crippen molar-refractivity contribution in [2.24, 2.45) is 0 Å². The van der Waals surface area contributed by atoms with Gasteiger partial charge in [-0.15, -0.1) is 0 Å². The summed E-state index contributed by atoms with van der Waals surface area (Å²) >= 11 is 6.47. The van der Waals surface area contributed by atoms with Gasteiger partial charge in [0.15, 0.2) is 0 Å². The molecule has 0 fully saturated rings. The molecule has 2 heterocycles. The van der Waals surface area contributed by atoms with Crippen molar-refractivity contribution in [1.29, 1.82) is 0 Å². The third kappa shape index (κ3) is 2.49. The van der Waals surface area contributed by atoms with Crippen LogP contribution in [0.15, 0.2) is 42.5 Å². The van der Waals surface area contributed by atoms with Crippen LogP contribution in [0.2, 0.25) is 5.02 Å². The molecule has 0 bridgehead atoms. The van der Waals surface area contributed by atoms with Gasteiger partial charge in [-0.1, -0.05) is 11.6 Å². The number of amides is 2. The van der Waals surface area contributed by atoms with Crippen LogP contribution < -0.4 is 14.8 Å². The number of fused-ring (bicyclic) bond motifs is 5. The fourth-order valence-corrected chi connectivity index (χ4v) is 4.19. The van der Waals surface area contributed by atoms with E-state index in [9.17, 15) is 9.59 Å². The highest BCUT2D eigenvalue weighted by Gasteiger charge is 2.34. The number of aromatic amines is 1. The molecule has 0 saturated carbocycles. The molecule has 1 aromatic heterocycles. The van der Waals surface area contributed by atoms with Gasteiger partial charge >= 0.3 is 0 Å². The van der Waals surface area contributed by atoms with Crippen LogP contribution in [0.25, 0.3) is 32.9 Å². The van der Waals surface area contributed by atoms with E-state index in [1.165, 1.54) is 0 Å². The molecule has 144 valence electrons. The van der Waals surface area contributed by atoms with Gasteiger partial charge in [-0.05, 0) is 48.0 Å². The molecule has 7 heteroatoms. The smallest absolute Gasteiger partial charge is 0.259 e. The van der Waals surface area contributed by atoms with E-state index in [4.69, 9.17) is 21.1 Å². The van der Waals surface area contributed by atoms with Crippen LogP contribution in [0.3, 0.4) is 0 Å². The zero-order valence-corrected chi connectivity index (χ0v) is 16.3. The minimum Gasteiger partial charge on any atom is -0.497 e. The Labute approximate surface area is 170 Å². The molecule has 0 atom stereocenters. The largest absolute Gasteiger partial charge is 0.497 e. The zero-order chi connectivity index (χ0) is 20.3. The van der Waals surface area contributed by atoms with Gasteiger partial charge in [-0.2, -0.15) is 0 Å². The molecule has 0 spiro atoms. The molecule has 6 nitrogen and oxygen atoms in total. The van der Waals surface area contributed by atoms with E-state index in [-0.39, 0.29) is 0 Å². The number of methoxy groups -OCH3 is 2. The number of H-pyrrole nitrogens is 1. The number of benzene rings is 3. The van der Waals surface area contributed by atoms with Crippen LogP contribution in [-0.2, 0) is 0 Å². The van der Waals surface area contributed by atoms with Crippen LogP contribution in [0.1, 0.15) is 20.7 Å². The number of carbonyl (C=O) groups excluding carboxylic acids is 2. The molecule has 0 radical (unpaired) electrons. The summed E-state index contributed by atoms with van der Waals surface area (Å²) in [6.07, 6.45) is 0. The summed E-state index contributed by atoms with van der Waals surface area (Å²) in [6.45, 7) is 0. The van der Waals surface area contributed by atoms with Crippen LogP contribution in [0.5, 0.6) is 11.5 Å². The lowest BCUT2D eigenvalue weighted by Gasteiger charge is -2.11. The van der Waals surface area contributed by atoms with Crippen molar-refractivity contribution in [2.75, 3.05) is 14.2 Å². The zero-order valence-electron chi connectivity index (χ0n) is 15.6. The number of aromatic nitrogens is 1. The molecule has 0 unspecified atom stereocenters. The van der Waals surface area contributed by atoms with Gasteiger partial charge < -0.3 is 14.5 Å². The summed E-state index contributed by atoms with van der Waals surface area (Å²) in [5.74, 6) is 0.408. The van der Waals surface area contributed by atoms with Crippen LogP contribution >= 0.6 is 11.6 Å². The molecule has 0 aliphatic carbocycles. The number of ether oxygens (including phenoxy) is 2. The second-order valence-corrected chi connectivity index (χ2v) is 7.17. The third-order valence-corrected chi connectivity index (χ3v) is 5.55. The number of hydrogen-bond donors (Lipinski definition) is 2. The maximum Gasteiger partial charge on any atom is 0.259 e. The topological polar surface area (TPSA) is 80.4 Å². The Morgan fingerprint density at radius 3 is 2.21 bits per heavy atom. The first-order valence-corrected chi connectivity index (χ1v) is 9.25. The van der Waals surface area contributed by atoms with E-state index in [1.807, 2.05) is 24.3 Å². The van der Waals surface area contributed by atoms with E-state index in [1.54, 1.807) is 32.4 Å². The quantitative estimate of drug-likeness (QED) is 0.489. The predicted octanol–water partition coefficient (Wildman–Crippen LogP) is 4.54. The number of nitrogens with one attached hydrogen (secondary N) is 2. The Hall–Kier alpha value is -3.51. The van der Waals surface area contributed by atoms with Crippen molar-refractivity contribution in [3.63, 3.8) is 0 Å². The average Bonchev–Trinajstić information content (AvgIpc) is 3.23. The summed E-state index contributed by atoms with van der Waals surface area (Å²) in [5.41, 5.74) is 3.47. The minimum atomic E-state index is -0.439. The first-order valence-electron chi connectivity index (χ1n) is 8.88. The monoisotopic (exact) mass is 406 g/mol. The maximum atomic E-state index is 12.7. The molecular formula is C22H15ClN2O4. The van der Waals surface area contributed by atoms with E-state index in [0.29, 0.717) is 44.2 Å². The lowest BCUT2D eigenvalue weighted by Crippen LogP contribution is -2.20. The second kappa shape index (κ2) is 6.25. The second-order valence-electron chi connectivity index (χ2n) is 6.76. The van der Waals surface area contributed by atoms with E-state index in [0.717, 1.165) is 16.4 Å². The number of imide groups is 1. The Morgan fingerprint density at radius 2 is 1.48 bits per heavy atom. The Morgan fingerprint density at radius 1 is 0.793 bits per heavy atom. The standard InChI is InChI=1S/C22H15ClN2O4/c1-28-10-4-6-16-14(7-10)18-17(24-16)9-13(19-20(18)22(27)25-21(19)26)12-5-3-11(29-2)8-15(12)23/h3-9,24H,1-2H3,(H,25,26,27). The summed E-state index contributed by atoms with van der Waals surface area (Å²) in [6, 6.07) is 12.7. The highest BCUT2D eigenvalue weighted by molar-refractivity contribution is 6.36. The van der Waals surface area contributed by atoms with Crippen LogP contribution in [0.4, 0.5) is 0 Å². The Balaban J connectivity index is 1.90.